The first-order valence-electron chi connectivity index (χ1n) is 7.96. The van der Waals surface area contributed by atoms with Gasteiger partial charge in [0.2, 0.25) is 5.75 Å². The largest absolute Gasteiger partial charge is 0.416 e. The van der Waals surface area contributed by atoms with Crippen LogP contribution >= 0.6 is 0 Å². The molecule has 2 aromatic carbocycles. The lowest BCUT2D eigenvalue weighted by Crippen LogP contribution is -2.06. The van der Waals surface area contributed by atoms with Crippen molar-refractivity contribution in [1.82, 2.24) is 19.8 Å². The van der Waals surface area contributed by atoms with Gasteiger partial charge in [-0.05, 0) is 12.1 Å². The molecule has 0 saturated heterocycles. The summed E-state index contributed by atoms with van der Waals surface area (Å²) in [6, 6.07) is 10.1. The minimum Gasteiger partial charge on any atom is -0.416 e. The van der Waals surface area contributed by atoms with Crippen molar-refractivity contribution in [3.63, 3.8) is 0 Å². The molecule has 0 aliphatic heterocycles. The molecule has 28 heavy (non-hydrogen) atoms. The van der Waals surface area contributed by atoms with Crippen LogP contribution in [0.4, 0.5) is 10.1 Å². The van der Waals surface area contributed by atoms with Crippen LogP contribution in [0.2, 0.25) is 0 Å². The van der Waals surface area contributed by atoms with Gasteiger partial charge in [0.1, 0.15) is 5.82 Å². The summed E-state index contributed by atoms with van der Waals surface area (Å²) < 4.78 is 19.6. The second-order valence-corrected chi connectivity index (χ2v) is 5.65. The maximum Gasteiger partial charge on any atom is 0.336 e. The number of fused-ring (bicyclic) bond motifs is 3. The van der Waals surface area contributed by atoms with E-state index >= 15 is 0 Å². The molecule has 2 heterocycles. The van der Waals surface area contributed by atoms with Gasteiger partial charge >= 0.3 is 11.7 Å². The standard InChI is InChI=1S/C18H10FN5O4/c19-12-5-6-14(24(26)27)15(9-12)28-17(25)8-7-16-21-22-18-13-4-2-1-3-11(13)10-20-23(16)18/h1-10H/b8-7+. The SMILES string of the molecule is O=C(/C=C/c1nnc2c3ccccc3cnn12)Oc1cc(F)ccc1[N+](=O)[O-]. The van der Waals surface area contributed by atoms with Crippen molar-refractivity contribution in [2.24, 2.45) is 0 Å². The summed E-state index contributed by atoms with van der Waals surface area (Å²) in [6.07, 6.45) is 3.94. The topological polar surface area (TPSA) is 113 Å². The number of carbonyl (C=O) groups is 1. The molecule has 0 aliphatic rings. The Morgan fingerprint density at radius 1 is 1.21 bits per heavy atom. The second kappa shape index (κ2) is 6.83. The van der Waals surface area contributed by atoms with Gasteiger partial charge in [0.15, 0.2) is 11.5 Å². The smallest absolute Gasteiger partial charge is 0.336 e. The molecule has 0 saturated carbocycles. The maximum atomic E-state index is 13.3. The number of rotatable bonds is 4. The average molecular weight is 379 g/mol. The van der Waals surface area contributed by atoms with E-state index in [1.165, 1.54) is 10.6 Å². The highest BCUT2D eigenvalue weighted by molar-refractivity contribution is 5.93. The van der Waals surface area contributed by atoms with Crippen LogP contribution in [0.1, 0.15) is 5.82 Å². The Hall–Kier alpha value is -4.21. The Kier molecular flexibility index (Phi) is 4.20. The third-order valence-corrected chi connectivity index (χ3v) is 3.88. The number of ether oxygens (including phenoxy) is 1. The monoisotopic (exact) mass is 379 g/mol. The third-order valence-electron chi connectivity index (χ3n) is 3.88. The molecule has 0 spiro atoms. The molecule has 0 radical (unpaired) electrons. The van der Waals surface area contributed by atoms with Gasteiger partial charge in [-0.25, -0.2) is 9.18 Å². The van der Waals surface area contributed by atoms with Crippen LogP contribution < -0.4 is 4.74 Å². The predicted molar refractivity (Wildman–Crippen MR) is 96.0 cm³/mol. The van der Waals surface area contributed by atoms with Crippen LogP contribution in [0.25, 0.3) is 22.5 Å². The summed E-state index contributed by atoms with van der Waals surface area (Å²) in [5, 5.41) is 24.9. The Balaban J connectivity index is 1.61. The lowest BCUT2D eigenvalue weighted by molar-refractivity contribution is -0.385. The van der Waals surface area contributed by atoms with Gasteiger partial charge in [-0.15, -0.1) is 10.2 Å². The van der Waals surface area contributed by atoms with E-state index in [-0.39, 0.29) is 5.82 Å². The first-order valence-corrected chi connectivity index (χ1v) is 7.96. The molecule has 0 bridgehead atoms. The molecular formula is C18H10FN5O4. The summed E-state index contributed by atoms with van der Waals surface area (Å²) in [4.78, 5) is 22.2. The number of halogens is 1. The van der Waals surface area contributed by atoms with Crippen molar-refractivity contribution in [2.45, 2.75) is 0 Å². The molecule has 0 unspecified atom stereocenters. The highest BCUT2D eigenvalue weighted by Crippen LogP contribution is 2.27. The first kappa shape index (κ1) is 17.2. The number of hydrogen-bond acceptors (Lipinski definition) is 7. The minimum atomic E-state index is -0.939. The summed E-state index contributed by atoms with van der Waals surface area (Å²) >= 11 is 0. The van der Waals surface area contributed by atoms with Crippen LogP contribution in [0, 0.1) is 15.9 Å². The van der Waals surface area contributed by atoms with Crippen molar-refractivity contribution in [2.75, 3.05) is 0 Å². The highest BCUT2D eigenvalue weighted by Gasteiger charge is 2.18. The molecule has 0 aliphatic carbocycles. The lowest BCUT2D eigenvalue weighted by Gasteiger charge is -2.02. The van der Waals surface area contributed by atoms with E-state index in [0.717, 1.165) is 35.0 Å². The number of carbonyl (C=O) groups excluding carboxylic acids is 1. The van der Waals surface area contributed by atoms with E-state index in [2.05, 4.69) is 15.3 Å². The summed E-state index contributed by atoms with van der Waals surface area (Å²) in [6.45, 7) is 0. The molecule has 0 fully saturated rings. The van der Waals surface area contributed by atoms with E-state index < -0.39 is 28.1 Å². The van der Waals surface area contributed by atoms with Crippen LogP contribution in [0.5, 0.6) is 5.75 Å². The molecule has 0 atom stereocenters. The number of nitro groups is 1. The Morgan fingerprint density at radius 3 is 2.86 bits per heavy atom. The van der Waals surface area contributed by atoms with Crippen molar-refractivity contribution >= 4 is 34.2 Å². The van der Waals surface area contributed by atoms with E-state index in [1.807, 2.05) is 24.3 Å². The molecule has 4 aromatic rings. The zero-order chi connectivity index (χ0) is 19.7. The van der Waals surface area contributed by atoms with Crippen LogP contribution in [0.3, 0.4) is 0 Å². The Labute approximate surface area is 155 Å². The van der Waals surface area contributed by atoms with Gasteiger partial charge in [-0.1, -0.05) is 24.3 Å². The fourth-order valence-corrected chi connectivity index (χ4v) is 2.62. The van der Waals surface area contributed by atoms with Crippen molar-refractivity contribution in [3.05, 3.63) is 76.5 Å². The molecule has 10 heteroatoms. The average Bonchev–Trinajstić information content (AvgIpc) is 3.10. The van der Waals surface area contributed by atoms with E-state index in [4.69, 9.17) is 4.74 Å². The van der Waals surface area contributed by atoms with E-state index in [1.54, 1.807) is 6.20 Å². The van der Waals surface area contributed by atoms with E-state index in [9.17, 15) is 19.3 Å². The van der Waals surface area contributed by atoms with Gasteiger partial charge in [0.05, 0.1) is 11.1 Å². The first-order chi connectivity index (χ1) is 13.5. The number of esters is 1. The van der Waals surface area contributed by atoms with Gasteiger partial charge in [0.25, 0.3) is 0 Å². The number of nitro benzene ring substituents is 1. The van der Waals surface area contributed by atoms with Crippen LogP contribution in [-0.2, 0) is 4.79 Å². The normalized spacial score (nSPS) is 11.3. The summed E-state index contributed by atoms with van der Waals surface area (Å²) in [7, 11) is 0. The molecule has 0 N–H and O–H groups in total. The van der Waals surface area contributed by atoms with Crippen molar-refractivity contribution in [3.8, 4) is 5.75 Å². The van der Waals surface area contributed by atoms with Crippen molar-refractivity contribution < 1.29 is 18.8 Å². The maximum absolute atomic E-state index is 13.3. The van der Waals surface area contributed by atoms with Gasteiger partial charge in [-0.2, -0.15) is 9.61 Å². The number of hydrogen-bond donors (Lipinski definition) is 0. The minimum absolute atomic E-state index is 0.256. The zero-order valence-corrected chi connectivity index (χ0v) is 14.0. The number of aromatic nitrogens is 4. The molecule has 9 nitrogen and oxygen atoms in total. The fourth-order valence-electron chi connectivity index (χ4n) is 2.62. The molecule has 4 rings (SSSR count). The summed E-state index contributed by atoms with van der Waals surface area (Å²) in [5.74, 6) is -1.94. The Morgan fingerprint density at radius 2 is 2.04 bits per heavy atom. The Bertz CT molecular complexity index is 1270. The van der Waals surface area contributed by atoms with Crippen LogP contribution in [-0.4, -0.2) is 30.7 Å². The molecule has 138 valence electrons. The second-order valence-electron chi connectivity index (χ2n) is 5.65. The summed E-state index contributed by atoms with van der Waals surface area (Å²) in [5.41, 5.74) is -0.0175. The third kappa shape index (κ3) is 3.14. The lowest BCUT2D eigenvalue weighted by atomic mass is 10.2. The molecule has 0 amide bonds. The van der Waals surface area contributed by atoms with Crippen molar-refractivity contribution in [1.29, 1.82) is 0 Å². The van der Waals surface area contributed by atoms with Crippen LogP contribution in [0.15, 0.2) is 54.7 Å². The quantitative estimate of drug-likeness (QED) is 0.176. The van der Waals surface area contributed by atoms with E-state index in [0.29, 0.717) is 5.65 Å². The van der Waals surface area contributed by atoms with Gasteiger partial charge < -0.3 is 4.74 Å². The number of benzene rings is 2. The number of nitrogens with zero attached hydrogens (tertiary/aromatic N) is 5. The fraction of sp³-hybridized carbons (Fsp3) is 0. The van der Waals surface area contributed by atoms with Gasteiger partial charge in [-0.3, -0.25) is 10.1 Å². The molecule has 2 aromatic heterocycles. The predicted octanol–water partition coefficient (Wildman–Crippen LogP) is 2.94. The highest BCUT2D eigenvalue weighted by atomic mass is 19.1. The molecular weight excluding hydrogens is 369 g/mol. The van der Waals surface area contributed by atoms with Gasteiger partial charge in [0, 0.05) is 29.0 Å². The zero-order valence-electron chi connectivity index (χ0n) is 14.0.